The Labute approximate surface area is 137 Å². The number of nitrogens with zero attached hydrogens (tertiary/aromatic N) is 1. The van der Waals surface area contributed by atoms with Crippen LogP contribution < -0.4 is 0 Å². The van der Waals surface area contributed by atoms with Crippen molar-refractivity contribution in [1.29, 1.82) is 0 Å². The number of ether oxygens (including phenoxy) is 2. The third-order valence-corrected chi connectivity index (χ3v) is 2.26. The number of rotatable bonds is 5. The van der Waals surface area contributed by atoms with Crippen molar-refractivity contribution >= 4 is 18.3 Å². The maximum absolute atomic E-state index is 11.8. The van der Waals surface area contributed by atoms with Crippen LogP contribution in [0.2, 0.25) is 0 Å². The topological polar surface area (TPSA) is 72.9 Å². The minimum atomic E-state index is -0.513. The lowest BCUT2D eigenvalue weighted by molar-refractivity contribution is -0.115. The van der Waals surface area contributed by atoms with E-state index in [1.54, 1.807) is 66.1 Å². The quantitative estimate of drug-likeness (QED) is 0.615. The van der Waals surface area contributed by atoms with Crippen molar-refractivity contribution in [3.63, 3.8) is 0 Å². The summed E-state index contributed by atoms with van der Waals surface area (Å²) in [7, 11) is 3.38. The summed E-state index contributed by atoms with van der Waals surface area (Å²) < 4.78 is 10.2. The van der Waals surface area contributed by atoms with Crippen molar-refractivity contribution in [3.8, 4) is 0 Å². The lowest BCUT2D eigenvalue weighted by Gasteiger charge is -2.12. The van der Waals surface area contributed by atoms with Crippen molar-refractivity contribution in [2.75, 3.05) is 14.1 Å². The van der Waals surface area contributed by atoms with Crippen molar-refractivity contribution in [2.24, 2.45) is 0 Å². The Balaban J connectivity index is 0.000000841. The van der Waals surface area contributed by atoms with Gasteiger partial charge < -0.3 is 14.4 Å². The highest BCUT2D eigenvalue weighted by Gasteiger charge is 2.20. The Bertz CT molecular complexity index is 482. The van der Waals surface area contributed by atoms with Gasteiger partial charge >= 0.3 is 11.9 Å². The van der Waals surface area contributed by atoms with Gasteiger partial charge in [-0.05, 0) is 39.8 Å². The molecule has 0 aliphatic heterocycles. The third-order valence-electron chi connectivity index (χ3n) is 2.26. The van der Waals surface area contributed by atoms with E-state index in [0.717, 1.165) is 6.41 Å². The molecule has 1 amide bonds. The molecule has 23 heavy (non-hydrogen) atoms. The molecular formula is C17H25NO5. The van der Waals surface area contributed by atoms with Gasteiger partial charge in [0.05, 0.1) is 23.3 Å². The van der Waals surface area contributed by atoms with Gasteiger partial charge in [0.1, 0.15) is 0 Å². The van der Waals surface area contributed by atoms with Gasteiger partial charge in [0.2, 0.25) is 6.41 Å². The zero-order valence-electron chi connectivity index (χ0n) is 14.5. The predicted molar refractivity (Wildman–Crippen MR) is 87.3 cm³/mol. The fourth-order valence-corrected chi connectivity index (χ4v) is 1.39. The van der Waals surface area contributed by atoms with E-state index in [1.165, 1.54) is 4.90 Å². The van der Waals surface area contributed by atoms with Gasteiger partial charge in [0.25, 0.3) is 0 Å². The molecule has 128 valence electrons. The van der Waals surface area contributed by atoms with Gasteiger partial charge in [-0.25, -0.2) is 9.59 Å². The van der Waals surface area contributed by atoms with Crippen LogP contribution in [0.4, 0.5) is 0 Å². The number of benzene rings is 1. The van der Waals surface area contributed by atoms with Crippen molar-refractivity contribution < 1.29 is 23.9 Å². The lowest BCUT2D eigenvalue weighted by atomic mass is 10.1. The fourth-order valence-electron chi connectivity index (χ4n) is 1.39. The molecule has 0 aromatic heterocycles. The maximum Gasteiger partial charge on any atom is 0.339 e. The number of carbonyl (C=O) groups excluding carboxylic acids is 3. The average molecular weight is 323 g/mol. The molecule has 1 aromatic rings. The van der Waals surface area contributed by atoms with Crippen molar-refractivity contribution in [3.05, 3.63) is 35.4 Å². The second-order valence-electron chi connectivity index (χ2n) is 5.52. The Morgan fingerprint density at radius 1 is 0.913 bits per heavy atom. The molecule has 0 saturated carbocycles. The molecule has 0 heterocycles. The van der Waals surface area contributed by atoms with Crippen LogP contribution in [0.15, 0.2) is 24.3 Å². The first-order chi connectivity index (χ1) is 10.7. The molecule has 1 aromatic carbocycles. The molecule has 0 spiro atoms. The molecule has 0 radical (unpaired) electrons. The van der Waals surface area contributed by atoms with Gasteiger partial charge in [0.15, 0.2) is 0 Å². The molecule has 6 heteroatoms. The molecule has 6 nitrogen and oxygen atoms in total. The average Bonchev–Trinajstić information content (AvgIpc) is 2.46. The van der Waals surface area contributed by atoms with Crippen molar-refractivity contribution in [2.45, 2.75) is 39.9 Å². The van der Waals surface area contributed by atoms with E-state index >= 15 is 0 Å². The first kappa shape index (κ1) is 20.6. The zero-order valence-corrected chi connectivity index (χ0v) is 14.5. The number of esters is 2. The van der Waals surface area contributed by atoms with E-state index in [4.69, 9.17) is 9.47 Å². The molecular weight excluding hydrogens is 298 g/mol. The number of amides is 1. The van der Waals surface area contributed by atoms with E-state index in [9.17, 15) is 14.4 Å². The third kappa shape index (κ3) is 8.60. The predicted octanol–water partition coefficient (Wildman–Crippen LogP) is 2.52. The Morgan fingerprint density at radius 3 is 1.43 bits per heavy atom. The van der Waals surface area contributed by atoms with Gasteiger partial charge in [0, 0.05) is 14.1 Å². The Kier molecular flexibility index (Phi) is 9.30. The smallest absolute Gasteiger partial charge is 0.339 e. The fraction of sp³-hybridized carbons (Fsp3) is 0.471. The first-order valence-corrected chi connectivity index (χ1v) is 7.31. The van der Waals surface area contributed by atoms with E-state index in [2.05, 4.69) is 0 Å². The van der Waals surface area contributed by atoms with Crippen LogP contribution in [-0.4, -0.2) is 49.6 Å². The Hall–Kier alpha value is -2.37. The summed E-state index contributed by atoms with van der Waals surface area (Å²) in [5.74, 6) is -1.03. The van der Waals surface area contributed by atoms with Crippen LogP contribution >= 0.6 is 0 Å². The zero-order chi connectivity index (χ0) is 18.0. The van der Waals surface area contributed by atoms with Gasteiger partial charge in [-0.3, -0.25) is 4.79 Å². The summed E-state index contributed by atoms with van der Waals surface area (Å²) in [5, 5.41) is 0. The molecule has 0 saturated heterocycles. The normalized spacial score (nSPS) is 9.74. The van der Waals surface area contributed by atoms with Crippen LogP contribution in [0.3, 0.4) is 0 Å². The van der Waals surface area contributed by atoms with Gasteiger partial charge in [-0.2, -0.15) is 0 Å². The standard InChI is InChI=1S/C14H18O4.C3H7NO/c1-9(2)17-13(15)11-7-5-6-8-12(11)14(16)18-10(3)4;1-4(2)3-5/h5-10H,1-4H3;3H,1-2H3. The molecule has 0 aliphatic rings. The highest BCUT2D eigenvalue weighted by molar-refractivity contribution is 6.03. The SMILES string of the molecule is CC(C)OC(=O)c1ccccc1C(=O)OC(C)C.CN(C)C=O. The summed E-state index contributed by atoms with van der Waals surface area (Å²) in [4.78, 5) is 34.5. The molecule has 0 fully saturated rings. The molecule has 0 N–H and O–H groups in total. The van der Waals surface area contributed by atoms with Gasteiger partial charge in [-0.15, -0.1) is 0 Å². The second-order valence-corrected chi connectivity index (χ2v) is 5.52. The summed E-state index contributed by atoms with van der Waals surface area (Å²) in [6, 6.07) is 6.48. The van der Waals surface area contributed by atoms with Crippen LogP contribution in [-0.2, 0) is 14.3 Å². The van der Waals surface area contributed by atoms with E-state index in [-0.39, 0.29) is 23.3 Å². The van der Waals surface area contributed by atoms with Crippen molar-refractivity contribution in [1.82, 2.24) is 4.90 Å². The Morgan fingerprint density at radius 2 is 1.22 bits per heavy atom. The highest BCUT2D eigenvalue weighted by atomic mass is 16.5. The van der Waals surface area contributed by atoms with Crippen LogP contribution in [0.5, 0.6) is 0 Å². The molecule has 0 unspecified atom stereocenters. The van der Waals surface area contributed by atoms with Crippen LogP contribution in [0.1, 0.15) is 48.4 Å². The second kappa shape index (κ2) is 10.4. The number of carbonyl (C=O) groups is 3. The monoisotopic (exact) mass is 323 g/mol. The number of hydrogen-bond acceptors (Lipinski definition) is 5. The van der Waals surface area contributed by atoms with Crippen LogP contribution in [0, 0.1) is 0 Å². The minimum Gasteiger partial charge on any atom is -0.459 e. The minimum absolute atomic E-state index is 0.230. The summed E-state index contributed by atoms with van der Waals surface area (Å²) in [6.45, 7) is 7.03. The number of hydrogen-bond donors (Lipinski definition) is 0. The van der Waals surface area contributed by atoms with E-state index in [1.807, 2.05) is 0 Å². The highest BCUT2D eigenvalue weighted by Crippen LogP contribution is 2.13. The molecule has 0 bridgehead atoms. The summed E-state index contributed by atoms with van der Waals surface area (Å²) in [5.41, 5.74) is 0.466. The largest absolute Gasteiger partial charge is 0.459 e. The maximum atomic E-state index is 11.8. The summed E-state index contributed by atoms with van der Waals surface area (Å²) >= 11 is 0. The van der Waals surface area contributed by atoms with Gasteiger partial charge in [-0.1, -0.05) is 12.1 Å². The molecule has 0 aliphatic carbocycles. The van der Waals surface area contributed by atoms with E-state index < -0.39 is 11.9 Å². The summed E-state index contributed by atoms with van der Waals surface area (Å²) in [6.07, 6.45) is 0.290. The van der Waals surface area contributed by atoms with E-state index in [0.29, 0.717) is 0 Å². The first-order valence-electron chi connectivity index (χ1n) is 7.31. The lowest BCUT2D eigenvalue weighted by Crippen LogP contribution is -2.18. The van der Waals surface area contributed by atoms with Crippen LogP contribution in [0.25, 0.3) is 0 Å². The molecule has 0 atom stereocenters. The molecule has 1 rings (SSSR count).